The van der Waals surface area contributed by atoms with Gasteiger partial charge >= 0.3 is 9.05 Å². The van der Waals surface area contributed by atoms with E-state index in [1.54, 1.807) is 0 Å². The molecule has 0 rings (SSSR count). The Morgan fingerprint density at radius 3 is 0.947 bits per heavy atom. The summed E-state index contributed by atoms with van der Waals surface area (Å²) in [7, 11) is -2.88. The highest BCUT2D eigenvalue weighted by Crippen LogP contribution is 2.14. The van der Waals surface area contributed by atoms with Gasteiger partial charge in [-0.15, -0.1) is 0 Å². The Morgan fingerprint density at radius 2 is 0.789 bits per heavy atom. The molecule has 6 nitrogen and oxygen atoms in total. The molecular weight excluding hydrogens is 266 g/mol. The van der Waals surface area contributed by atoms with Crippen LogP contribution in [-0.4, -0.2) is 41.0 Å². The predicted octanol–water partition coefficient (Wildman–Crippen LogP) is 2.47. The second kappa shape index (κ2) is 16.0. The van der Waals surface area contributed by atoms with Gasteiger partial charge in [-0.3, -0.25) is 0 Å². The number of hydrogen-bond acceptors (Lipinski definition) is 5. The van der Waals surface area contributed by atoms with E-state index in [1.807, 2.05) is 0 Å². The Bertz CT molecular complexity index is 137. The quantitative estimate of drug-likeness (QED) is 0.557. The van der Waals surface area contributed by atoms with Gasteiger partial charge in [-0.1, -0.05) is 27.7 Å². The highest BCUT2D eigenvalue weighted by molar-refractivity contribution is 6.53. The van der Waals surface area contributed by atoms with Crippen LogP contribution in [0.5, 0.6) is 0 Å². The molecule has 5 N–H and O–H groups in total. The smallest absolute Gasteiger partial charge is 0.412 e. The maximum atomic E-state index is 5.76. The lowest BCUT2D eigenvalue weighted by atomic mass is 10.5. The standard InChI is InChI=1S/C12H28O4Si.H3N.H2O/c1-5-9-13-17(14-10-6-2,15-11-7-3)16-12-8-4;;/h5-12H2,1-4H3;1H3;1H2. The first-order chi connectivity index (χ1) is 8.24. The Hall–Kier alpha value is -0.0231. The van der Waals surface area contributed by atoms with Crippen molar-refractivity contribution in [2.75, 3.05) is 26.4 Å². The van der Waals surface area contributed by atoms with E-state index >= 15 is 0 Å². The molecular formula is C12H33NO5Si. The Balaban J connectivity index is -0.00000128. The van der Waals surface area contributed by atoms with Crippen molar-refractivity contribution in [2.24, 2.45) is 0 Å². The fourth-order valence-electron chi connectivity index (χ4n) is 1.16. The second-order valence-corrected chi connectivity index (χ2v) is 6.05. The summed E-state index contributed by atoms with van der Waals surface area (Å²) in [5.74, 6) is 0. The molecule has 0 saturated carbocycles. The third-order valence-electron chi connectivity index (χ3n) is 1.93. The zero-order valence-corrected chi connectivity index (χ0v) is 14.0. The average molecular weight is 299 g/mol. The highest BCUT2D eigenvalue weighted by atomic mass is 28.4. The minimum Gasteiger partial charge on any atom is -0.412 e. The van der Waals surface area contributed by atoms with Crippen molar-refractivity contribution in [2.45, 2.75) is 53.4 Å². The lowest BCUT2D eigenvalue weighted by Crippen LogP contribution is -2.50. The molecule has 0 aliphatic rings. The number of rotatable bonds is 12. The summed E-state index contributed by atoms with van der Waals surface area (Å²) in [6.45, 7) is 10.8. The molecule has 7 heteroatoms. The monoisotopic (exact) mass is 299 g/mol. The van der Waals surface area contributed by atoms with Gasteiger partial charge in [0.15, 0.2) is 0 Å². The average Bonchev–Trinajstić information content (AvgIpc) is 2.37. The van der Waals surface area contributed by atoms with E-state index in [2.05, 4.69) is 27.7 Å². The molecule has 0 amide bonds. The zero-order chi connectivity index (χ0) is 13.0. The van der Waals surface area contributed by atoms with Crippen LogP contribution in [0.25, 0.3) is 0 Å². The van der Waals surface area contributed by atoms with E-state index in [0.717, 1.165) is 25.7 Å². The summed E-state index contributed by atoms with van der Waals surface area (Å²) in [4.78, 5) is 0. The molecule has 0 aromatic rings. The van der Waals surface area contributed by atoms with Crippen molar-refractivity contribution in [3.8, 4) is 0 Å². The molecule has 0 unspecified atom stereocenters. The first-order valence-corrected chi connectivity index (χ1v) is 8.43. The van der Waals surface area contributed by atoms with Crippen LogP contribution in [0.15, 0.2) is 0 Å². The lowest BCUT2D eigenvalue weighted by Gasteiger charge is -2.27. The topological polar surface area (TPSA) is 103 Å². The first kappa shape index (κ1) is 24.0. The van der Waals surface area contributed by atoms with Gasteiger partial charge < -0.3 is 29.3 Å². The summed E-state index contributed by atoms with van der Waals surface area (Å²) >= 11 is 0. The van der Waals surface area contributed by atoms with E-state index in [-0.39, 0.29) is 11.6 Å². The van der Waals surface area contributed by atoms with Crippen LogP contribution in [0.1, 0.15) is 53.4 Å². The Kier molecular flexibility index (Phi) is 20.3. The highest BCUT2D eigenvalue weighted by Gasteiger charge is 2.45. The van der Waals surface area contributed by atoms with Crippen LogP contribution >= 0.6 is 0 Å². The van der Waals surface area contributed by atoms with Crippen LogP contribution in [0, 0.1) is 0 Å². The zero-order valence-electron chi connectivity index (χ0n) is 13.0. The summed E-state index contributed by atoms with van der Waals surface area (Å²) in [6, 6.07) is 0. The van der Waals surface area contributed by atoms with Gasteiger partial charge in [0.1, 0.15) is 0 Å². The van der Waals surface area contributed by atoms with Gasteiger partial charge in [0.25, 0.3) is 0 Å². The van der Waals surface area contributed by atoms with Gasteiger partial charge in [-0.2, -0.15) is 0 Å². The van der Waals surface area contributed by atoms with Crippen molar-refractivity contribution in [1.82, 2.24) is 6.15 Å². The maximum Gasteiger partial charge on any atom is 0.679 e. The van der Waals surface area contributed by atoms with E-state index in [1.165, 1.54) is 0 Å². The molecule has 0 aromatic heterocycles. The van der Waals surface area contributed by atoms with Crippen molar-refractivity contribution in [3.63, 3.8) is 0 Å². The minimum absolute atomic E-state index is 0. The molecule has 0 heterocycles. The van der Waals surface area contributed by atoms with Gasteiger partial charge in [0, 0.05) is 26.4 Å². The van der Waals surface area contributed by atoms with E-state index in [4.69, 9.17) is 17.7 Å². The van der Waals surface area contributed by atoms with Crippen LogP contribution in [-0.2, 0) is 17.7 Å². The molecule has 0 atom stereocenters. The molecule has 0 bridgehead atoms. The predicted molar refractivity (Wildman–Crippen MR) is 79.4 cm³/mol. The fourth-order valence-corrected chi connectivity index (χ4v) is 3.47. The van der Waals surface area contributed by atoms with E-state index in [0.29, 0.717) is 26.4 Å². The fraction of sp³-hybridized carbons (Fsp3) is 1.00. The summed E-state index contributed by atoms with van der Waals surface area (Å²) in [6.07, 6.45) is 3.76. The number of hydrogen-bond donors (Lipinski definition) is 1. The van der Waals surface area contributed by atoms with Crippen molar-refractivity contribution in [1.29, 1.82) is 0 Å². The normalized spacial score (nSPS) is 10.7. The molecule has 19 heavy (non-hydrogen) atoms. The van der Waals surface area contributed by atoms with Crippen molar-refractivity contribution >= 4 is 9.05 Å². The first-order valence-electron chi connectivity index (χ1n) is 6.80. The van der Waals surface area contributed by atoms with Crippen molar-refractivity contribution in [3.05, 3.63) is 0 Å². The lowest BCUT2D eigenvalue weighted by molar-refractivity contribution is -0.0347. The van der Waals surface area contributed by atoms with Crippen LogP contribution in [0.3, 0.4) is 0 Å². The molecule has 0 aromatic carbocycles. The molecule has 120 valence electrons. The van der Waals surface area contributed by atoms with Gasteiger partial charge in [-0.25, -0.2) is 0 Å². The van der Waals surface area contributed by atoms with E-state index < -0.39 is 9.05 Å². The summed E-state index contributed by atoms with van der Waals surface area (Å²) in [5.41, 5.74) is 0. The molecule has 0 saturated heterocycles. The van der Waals surface area contributed by atoms with Crippen LogP contribution < -0.4 is 6.15 Å². The minimum atomic E-state index is -2.88. The van der Waals surface area contributed by atoms with Crippen LogP contribution in [0.2, 0.25) is 0 Å². The Morgan fingerprint density at radius 1 is 0.579 bits per heavy atom. The summed E-state index contributed by atoms with van der Waals surface area (Å²) < 4.78 is 23.0. The molecule has 0 spiro atoms. The van der Waals surface area contributed by atoms with Gasteiger partial charge in [0.05, 0.1) is 0 Å². The van der Waals surface area contributed by atoms with Gasteiger partial charge in [-0.05, 0) is 25.7 Å². The van der Waals surface area contributed by atoms with E-state index in [9.17, 15) is 0 Å². The van der Waals surface area contributed by atoms with Gasteiger partial charge in [0.2, 0.25) is 0 Å². The molecule has 0 radical (unpaired) electrons. The van der Waals surface area contributed by atoms with Crippen molar-refractivity contribution < 1.29 is 23.2 Å². The molecule has 0 aliphatic heterocycles. The Labute approximate surface area is 119 Å². The third kappa shape index (κ3) is 11.5. The third-order valence-corrected chi connectivity index (χ3v) is 4.16. The molecule has 0 fully saturated rings. The molecule has 0 aliphatic carbocycles. The maximum absolute atomic E-state index is 5.76. The SMILES string of the molecule is CCCO[Si](OCCC)(OCCC)OCCC.N.O. The largest absolute Gasteiger partial charge is 0.679 e. The van der Waals surface area contributed by atoms with Crippen LogP contribution in [0.4, 0.5) is 0 Å². The summed E-state index contributed by atoms with van der Waals surface area (Å²) in [5, 5.41) is 0. The second-order valence-electron chi connectivity index (χ2n) is 3.89.